The molecule has 8 nitrogen and oxygen atoms in total. The van der Waals surface area contributed by atoms with Gasteiger partial charge in [0.2, 0.25) is 5.91 Å². The molecule has 1 aromatic heterocycles. The molecule has 3 atom stereocenters. The number of aliphatic carboxylic acids is 1. The van der Waals surface area contributed by atoms with Crippen molar-refractivity contribution in [3.63, 3.8) is 0 Å². The van der Waals surface area contributed by atoms with Crippen LogP contribution in [-0.4, -0.2) is 45.0 Å². The molecule has 0 spiro atoms. The van der Waals surface area contributed by atoms with E-state index < -0.39 is 18.0 Å². The minimum Gasteiger partial charge on any atom is -0.477 e. The monoisotopic (exact) mass is 396 g/mol. The van der Waals surface area contributed by atoms with Crippen molar-refractivity contribution in [2.75, 3.05) is 0 Å². The topological polar surface area (TPSA) is 120 Å². The van der Waals surface area contributed by atoms with Gasteiger partial charge in [0.1, 0.15) is 5.70 Å². The Morgan fingerprint density at radius 1 is 1.31 bits per heavy atom. The first kappa shape index (κ1) is 18.9. The third-order valence-electron chi connectivity index (χ3n) is 5.40. The summed E-state index contributed by atoms with van der Waals surface area (Å²) in [6.45, 7) is 1.78. The Morgan fingerprint density at radius 3 is 2.76 bits per heavy atom. The zero-order valence-electron chi connectivity index (χ0n) is 15.7. The molecule has 4 rings (SSSR count). The van der Waals surface area contributed by atoms with Crippen LogP contribution in [0.25, 0.3) is 5.57 Å². The van der Waals surface area contributed by atoms with Gasteiger partial charge in [0.05, 0.1) is 24.3 Å². The van der Waals surface area contributed by atoms with E-state index in [4.69, 9.17) is 4.42 Å². The number of furan rings is 1. The van der Waals surface area contributed by atoms with Gasteiger partial charge in [-0.15, -0.1) is 0 Å². The molecule has 0 aliphatic carbocycles. The fraction of sp³-hybridized carbons (Fsp3) is 0.286. The van der Waals surface area contributed by atoms with E-state index in [0.29, 0.717) is 17.6 Å². The first-order valence-corrected chi connectivity index (χ1v) is 9.27. The molecule has 3 N–H and O–H groups in total. The highest BCUT2D eigenvalue weighted by Crippen LogP contribution is 2.46. The van der Waals surface area contributed by atoms with Gasteiger partial charge in [-0.1, -0.05) is 18.2 Å². The lowest BCUT2D eigenvalue weighted by Gasteiger charge is -2.44. The van der Waals surface area contributed by atoms with E-state index in [2.05, 4.69) is 5.32 Å². The Bertz CT molecular complexity index is 1010. The lowest BCUT2D eigenvalue weighted by molar-refractivity contribution is -0.161. The van der Waals surface area contributed by atoms with Crippen LogP contribution in [0, 0.1) is 5.92 Å². The highest BCUT2D eigenvalue weighted by molar-refractivity contribution is 6.06. The number of hydrogen-bond acceptors (Lipinski definition) is 5. The fourth-order valence-electron chi connectivity index (χ4n) is 4.07. The molecule has 0 bridgehead atoms. The number of rotatable bonds is 6. The molecular weight excluding hydrogens is 376 g/mol. The Morgan fingerprint density at radius 2 is 2.10 bits per heavy atom. The van der Waals surface area contributed by atoms with Gasteiger partial charge in [-0.25, -0.2) is 4.79 Å². The molecule has 1 fully saturated rings. The first-order valence-electron chi connectivity index (χ1n) is 9.27. The number of aliphatic hydroxyl groups excluding tert-OH is 1. The van der Waals surface area contributed by atoms with Crippen LogP contribution in [0.2, 0.25) is 0 Å². The van der Waals surface area contributed by atoms with Crippen molar-refractivity contribution in [1.29, 1.82) is 0 Å². The minimum absolute atomic E-state index is 0.0336. The van der Waals surface area contributed by atoms with Gasteiger partial charge < -0.3 is 24.8 Å². The van der Waals surface area contributed by atoms with Crippen molar-refractivity contribution in [2.24, 2.45) is 5.92 Å². The van der Waals surface area contributed by atoms with Gasteiger partial charge in [0.25, 0.3) is 5.91 Å². The smallest absolute Gasteiger partial charge is 0.352 e. The summed E-state index contributed by atoms with van der Waals surface area (Å²) >= 11 is 0. The van der Waals surface area contributed by atoms with Crippen molar-refractivity contribution in [3.8, 4) is 0 Å². The zero-order valence-corrected chi connectivity index (χ0v) is 15.7. The number of β-lactam (4-membered cyclic amide) rings is 1. The van der Waals surface area contributed by atoms with Crippen LogP contribution in [-0.2, 0) is 16.1 Å². The van der Waals surface area contributed by atoms with Gasteiger partial charge >= 0.3 is 5.97 Å². The summed E-state index contributed by atoms with van der Waals surface area (Å²) in [5.74, 6) is -2.26. The SMILES string of the molecule is C[C@@H](O)[C@H]1C(=O)N2C(C(=O)O)=C(c3cccc(CNC(=O)c4ccco4)c3)C[C@H]12. The second-order valence-corrected chi connectivity index (χ2v) is 7.24. The number of carbonyl (C=O) groups is 3. The molecule has 29 heavy (non-hydrogen) atoms. The number of hydrogen-bond donors (Lipinski definition) is 3. The quantitative estimate of drug-likeness (QED) is 0.638. The molecule has 2 aromatic rings. The number of nitrogens with zero attached hydrogens (tertiary/aromatic N) is 1. The largest absolute Gasteiger partial charge is 0.477 e. The molecule has 8 heteroatoms. The fourth-order valence-corrected chi connectivity index (χ4v) is 4.07. The molecule has 1 aromatic carbocycles. The summed E-state index contributed by atoms with van der Waals surface area (Å²) in [5, 5.41) is 22.3. The summed E-state index contributed by atoms with van der Waals surface area (Å²) < 4.78 is 5.06. The summed E-state index contributed by atoms with van der Waals surface area (Å²) in [5.41, 5.74) is 1.98. The van der Waals surface area contributed by atoms with Crippen molar-refractivity contribution in [3.05, 3.63) is 65.2 Å². The number of nitrogens with one attached hydrogen (secondary N) is 1. The van der Waals surface area contributed by atoms with Crippen molar-refractivity contribution in [2.45, 2.75) is 32.0 Å². The summed E-state index contributed by atoms with van der Waals surface area (Å²) in [6.07, 6.45) is 0.952. The first-order chi connectivity index (χ1) is 13.9. The van der Waals surface area contributed by atoms with E-state index in [1.54, 1.807) is 37.3 Å². The third kappa shape index (κ3) is 3.21. The van der Waals surface area contributed by atoms with Gasteiger partial charge in [0, 0.05) is 6.54 Å². The van der Waals surface area contributed by atoms with Crippen LogP contribution in [0.5, 0.6) is 0 Å². The molecule has 0 radical (unpaired) electrons. The Labute approximate surface area is 166 Å². The van der Waals surface area contributed by atoms with E-state index in [1.807, 2.05) is 6.07 Å². The maximum absolute atomic E-state index is 12.3. The van der Waals surface area contributed by atoms with Crippen molar-refractivity contribution >= 4 is 23.4 Å². The Balaban J connectivity index is 1.57. The summed E-state index contributed by atoms with van der Waals surface area (Å²) in [4.78, 5) is 37.5. The van der Waals surface area contributed by atoms with E-state index in [1.165, 1.54) is 11.2 Å². The molecule has 150 valence electrons. The molecular formula is C21H20N2O6. The van der Waals surface area contributed by atoms with E-state index in [0.717, 1.165) is 5.56 Å². The van der Waals surface area contributed by atoms with Gasteiger partial charge in [-0.3, -0.25) is 9.59 Å². The van der Waals surface area contributed by atoms with Gasteiger partial charge in [-0.2, -0.15) is 0 Å². The van der Waals surface area contributed by atoms with Crippen LogP contribution in [0.3, 0.4) is 0 Å². The predicted molar refractivity (Wildman–Crippen MR) is 101 cm³/mol. The second-order valence-electron chi connectivity index (χ2n) is 7.24. The Hall–Kier alpha value is -3.39. The van der Waals surface area contributed by atoms with E-state index in [9.17, 15) is 24.6 Å². The normalized spacial score (nSPS) is 21.6. The number of benzene rings is 1. The maximum atomic E-state index is 12.3. The molecule has 2 aliphatic heterocycles. The number of carboxylic acids is 1. The van der Waals surface area contributed by atoms with Crippen LogP contribution in [0.4, 0.5) is 0 Å². The van der Waals surface area contributed by atoms with Gasteiger partial charge in [0.15, 0.2) is 5.76 Å². The molecule has 0 saturated carbocycles. The Kier molecular flexibility index (Phi) is 4.71. The minimum atomic E-state index is -1.17. The number of carbonyl (C=O) groups excluding carboxylic acids is 2. The highest BCUT2D eigenvalue weighted by Gasteiger charge is 2.56. The van der Waals surface area contributed by atoms with Crippen LogP contribution in [0.1, 0.15) is 35.0 Å². The van der Waals surface area contributed by atoms with Crippen LogP contribution < -0.4 is 5.32 Å². The highest BCUT2D eigenvalue weighted by atomic mass is 16.4. The van der Waals surface area contributed by atoms with Crippen molar-refractivity contribution < 1.29 is 29.0 Å². The number of fused-ring (bicyclic) bond motifs is 1. The number of carboxylic acid groups (broad SMARTS) is 1. The van der Waals surface area contributed by atoms with E-state index >= 15 is 0 Å². The summed E-state index contributed by atoms with van der Waals surface area (Å²) in [7, 11) is 0. The number of aliphatic hydroxyl groups is 1. The third-order valence-corrected chi connectivity index (χ3v) is 5.40. The predicted octanol–water partition coefficient (Wildman–Crippen LogP) is 1.62. The van der Waals surface area contributed by atoms with E-state index in [-0.39, 0.29) is 35.9 Å². The average molecular weight is 396 g/mol. The van der Waals surface area contributed by atoms with Crippen LogP contribution >= 0.6 is 0 Å². The zero-order chi connectivity index (χ0) is 20.7. The molecule has 2 aliphatic rings. The average Bonchev–Trinajstić information content (AvgIpc) is 3.32. The molecule has 0 unspecified atom stereocenters. The maximum Gasteiger partial charge on any atom is 0.352 e. The lowest BCUT2D eigenvalue weighted by Crippen LogP contribution is -2.61. The second kappa shape index (κ2) is 7.21. The molecule has 2 amide bonds. The van der Waals surface area contributed by atoms with Crippen molar-refractivity contribution in [1.82, 2.24) is 10.2 Å². The lowest BCUT2D eigenvalue weighted by atomic mass is 9.82. The molecule has 3 heterocycles. The summed E-state index contributed by atoms with van der Waals surface area (Å²) in [6, 6.07) is 10.0. The number of amides is 2. The van der Waals surface area contributed by atoms with Crippen LogP contribution in [0.15, 0.2) is 52.8 Å². The van der Waals surface area contributed by atoms with Gasteiger partial charge in [-0.05, 0) is 48.2 Å². The standard InChI is InChI=1S/C21H20N2O6/c1-11(24)17-15-9-14(18(21(27)28)23(15)20(17)26)13-5-2-4-12(8-13)10-22-19(25)16-6-3-7-29-16/h2-8,11,15,17,24H,9-10H2,1H3,(H,22,25)(H,27,28)/t11-,15-,17-/m1/s1. The molecule has 1 saturated heterocycles.